The van der Waals surface area contributed by atoms with E-state index in [1.54, 1.807) is 30.4 Å². The molecule has 1 aromatic rings. The van der Waals surface area contributed by atoms with Crippen LogP contribution in [0.3, 0.4) is 0 Å². The highest BCUT2D eigenvalue weighted by molar-refractivity contribution is 5.68. The number of nitrogens with two attached hydrogens (primary N) is 1. The summed E-state index contributed by atoms with van der Waals surface area (Å²) in [5.41, 5.74) is 7.43. The Balaban J connectivity index is 3.09. The van der Waals surface area contributed by atoms with Gasteiger partial charge in [-0.2, -0.15) is 0 Å². The molecular formula is C7H10N3O+. The fourth-order valence-corrected chi connectivity index (χ4v) is 0.854. The zero-order chi connectivity index (χ0) is 8.27. The molecule has 0 atom stereocenters. The molecule has 0 aliphatic carbocycles. The molecule has 0 heterocycles. The Morgan fingerprint density at radius 1 is 1.55 bits per heavy atom. The Morgan fingerprint density at radius 3 is 2.73 bits per heavy atom. The predicted octanol–water partition coefficient (Wildman–Crippen LogP) is -0.211. The Bertz CT molecular complexity index is 272. The van der Waals surface area contributed by atoms with E-state index >= 15 is 0 Å². The van der Waals surface area contributed by atoms with E-state index in [1.165, 1.54) is 0 Å². The number of nitrogens with one attached hydrogen (secondary N) is 2. The number of benzene rings is 1. The zero-order valence-corrected chi connectivity index (χ0v) is 6.22. The maximum Gasteiger partial charge on any atom is 0.255 e. The van der Waals surface area contributed by atoms with E-state index in [0.29, 0.717) is 11.4 Å². The van der Waals surface area contributed by atoms with Gasteiger partial charge in [0.15, 0.2) is 0 Å². The van der Waals surface area contributed by atoms with Crippen LogP contribution in [0.1, 0.15) is 0 Å². The Labute approximate surface area is 64.4 Å². The Hall–Kier alpha value is -1.58. The molecule has 1 aromatic carbocycles. The molecule has 58 valence electrons. The van der Waals surface area contributed by atoms with Crippen LogP contribution in [-0.4, -0.2) is 7.05 Å². The van der Waals surface area contributed by atoms with Crippen molar-refractivity contribution >= 4 is 17.1 Å². The van der Waals surface area contributed by atoms with E-state index in [1.807, 2.05) is 0 Å². The van der Waals surface area contributed by atoms with Gasteiger partial charge in [0, 0.05) is 29.3 Å². The van der Waals surface area contributed by atoms with E-state index in [2.05, 4.69) is 5.32 Å². The van der Waals surface area contributed by atoms with Gasteiger partial charge >= 0.3 is 0 Å². The van der Waals surface area contributed by atoms with Crippen molar-refractivity contribution in [3.63, 3.8) is 0 Å². The number of nitrogen functional groups attached to an aromatic ring is 1. The first-order valence-electron chi connectivity index (χ1n) is 3.23. The second-order valence-electron chi connectivity index (χ2n) is 2.15. The number of hydrogen-bond donors (Lipinski definition) is 3. The van der Waals surface area contributed by atoms with Gasteiger partial charge in [-0.3, -0.25) is 0 Å². The normalized spacial score (nSPS) is 9.18. The summed E-state index contributed by atoms with van der Waals surface area (Å²) in [6, 6.07) is 4.99. The lowest BCUT2D eigenvalue weighted by molar-refractivity contribution is -0.379. The Kier molecular flexibility index (Phi) is 2.06. The molecule has 4 nitrogen and oxygen atoms in total. The van der Waals surface area contributed by atoms with Crippen LogP contribution in [0.2, 0.25) is 0 Å². The molecule has 0 aromatic heterocycles. The Morgan fingerprint density at radius 2 is 2.27 bits per heavy atom. The molecule has 0 bridgehead atoms. The average molecular weight is 152 g/mol. The highest BCUT2D eigenvalue weighted by atomic mass is 16.3. The molecule has 0 fully saturated rings. The fraction of sp³-hybridized carbons (Fsp3) is 0.143. The van der Waals surface area contributed by atoms with Gasteiger partial charge in [-0.05, 0) is 6.07 Å². The van der Waals surface area contributed by atoms with Crippen LogP contribution in [0.25, 0.3) is 0 Å². The second kappa shape index (κ2) is 3.01. The van der Waals surface area contributed by atoms with Gasteiger partial charge < -0.3 is 11.1 Å². The minimum Gasteiger partial charge on any atom is -0.397 e. The van der Waals surface area contributed by atoms with Gasteiger partial charge in [0.05, 0.1) is 11.4 Å². The van der Waals surface area contributed by atoms with Crippen molar-refractivity contribution in [3.8, 4) is 0 Å². The van der Waals surface area contributed by atoms with Gasteiger partial charge in [0.1, 0.15) is 0 Å². The van der Waals surface area contributed by atoms with Gasteiger partial charge in [-0.15, -0.1) is 0 Å². The maximum absolute atomic E-state index is 10.2. The standard InChI is InChI=1S/C7H9N3O/c1-9-7-3-2-5(10-11)4-6(7)8/h2-4,9H,8H2,1H3/p+1. The lowest BCUT2D eigenvalue weighted by atomic mass is 10.2. The van der Waals surface area contributed by atoms with Crippen molar-refractivity contribution in [1.82, 2.24) is 0 Å². The van der Waals surface area contributed by atoms with Crippen molar-refractivity contribution in [2.75, 3.05) is 18.1 Å². The predicted molar refractivity (Wildman–Crippen MR) is 44.4 cm³/mol. The second-order valence-corrected chi connectivity index (χ2v) is 2.15. The molecule has 0 saturated carbocycles. The molecule has 11 heavy (non-hydrogen) atoms. The van der Waals surface area contributed by atoms with Crippen LogP contribution in [0.4, 0.5) is 17.1 Å². The van der Waals surface area contributed by atoms with Crippen LogP contribution in [0, 0.1) is 4.91 Å². The third kappa shape index (κ3) is 1.46. The number of rotatable bonds is 2. The summed E-state index contributed by atoms with van der Waals surface area (Å²) in [6.45, 7) is 0. The molecule has 4 heteroatoms. The monoisotopic (exact) mass is 152 g/mol. The van der Waals surface area contributed by atoms with E-state index in [-0.39, 0.29) is 0 Å². The SMILES string of the molecule is CNc1ccc([NH+]=O)cc1N. The summed E-state index contributed by atoms with van der Waals surface area (Å²) in [5.74, 6) is 0. The van der Waals surface area contributed by atoms with Crippen LogP contribution in [-0.2, 0) is 0 Å². The summed E-state index contributed by atoms with van der Waals surface area (Å²) in [7, 11) is 1.77. The molecule has 0 amide bonds. The number of nitroso groups, excluding NO2 is 1. The lowest BCUT2D eigenvalue weighted by Gasteiger charge is -2.01. The van der Waals surface area contributed by atoms with Crippen molar-refractivity contribution in [1.29, 1.82) is 0 Å². The van der Waals surface area contributed by atoms with Gasteiger partial charge in [0.25, 0.3) is 5.69 Å². The summed E-state index contributed by atoms with van der Waals surface area (Å²) in [6.07, 6.45) is 0. The molecule has 0 aliphatic rings. The van der Waals surface area contributed by atoms with Gasteiger partial charge in [0.2, 0.25) is 0 Å². The maximum atomic E-state index is 10.2. The van der Waals surface area contributed by atoms with Crippen LogP contribution < -0.4 is 16.2 Å². The molecule has 0 saturated heterocycles. The molecule has 0 unspecified atom stereocenters. The summed E-state index contributed by atoms with van der Waals surface area (Å²) >= 11 is 0. The molecular weight excluding hydrogens is 142 g/mol. The van der Waals surface area contributed by atoms with Crippen molar-refractivity contribution in [2.45, 2.75) is 0 Å². The highest BCUT2D eigenvalue weighted by Gasteiger charge is 2.01. The van der Waals surface area contributed by atoms with E-state index < -0.39 is 0 Å². The average Bonchev–Trinajstić information content (AvgIpc) is 2.04. The molecule has 4 N–H and O–H groups in total. The molecule has 0 aliphatic heterocycles. The van der Waals surface area contributed by atoms with E-state index in [4.69, 9.17) is 5.73 Å². The first kappa shape index (κ1) is 7.53. The van der Waals surface area contributed by atoms with Crippen molar-refractivity contribution in [3.05, 3.63) is 23.1 Å². The third-order valence-electron chi connectivity index (χ3n) is 1.44. The van der Waals surface area contributed by atoms with E-state index in [9.17, 15) is 4.91 Å². The quantitative estimate of drug-likeness (QED) is 0.513. The molecule has 0 spiro atoms. The molecule has 1 rings (SSSR count). The minimum atomic E-state index is 0.474. The van der Waals surface area contributed by atoms with Gasteiger partial charge in [-0.1, -0.05) is 0 Å². The first-order chi connectivity index (χ1) is 5.27. The lowest BCUT2D eigenvalue weighted by Crippen LogP contribution is -2.55. The topological polar surface area (TPSA) is 69.1 Å². The highest BCUT2D eigenvalue weighted by Crippen LogP contribution is 2.18. The minimum absolute atomic E-state index is 0.474. The fourth-order valence-electron chi connectivity index (χ4n) is 0.854. The number of hydrogen-bond acceptors (Lipinski definition) is 3. The summed E-state index contributed by atoms with van der Waals surface area (Å²) in [4.78, 5) is 10.2. The summed E-state index contributed by atoms with van der Waals surface area (Å²) in [5, 5.41) is 4.65. The molecule has 0 radical (unpaired) electrons. The largest absolute Gasteiger partial charge is 0.397 e. The van der Waals surface area contributed by atoms with E-state index in [0.717, 1.165) is 5.69 Å². The van der Waals surface area contributed by atoms with Crippen molar-refractivity contribution in [2.24, 2.45) is 0 Å². The zero-order valence-electron chi connectivity index (χ0n) is 6.22. The third-order valence-corrected chi connectivity index (χ3v) is 1.44. The van der Waals surface area contributed by atoms with Crippen molar-refractivity contribution < 1.29 is 5.18 Å². The van der Waals surface area contributed by atoms with Crippen LogP contribution >= 0.6 is 0 Å². The smallest absolute Gasteiger partial charge is 0.255 e. The van der Waals surface area contributed by atoms with Crippen LogP contribution in [0.15, 0.2) is 18.2 Å². The first-order valence-corrected chi connectivity index (χ1v) is 3.23. The summed E-state index contributed by atoms with van der Waals surface area (Å²) < 4.78 is 0. The van der Waals surface area contributed by atoms with Gasteiger partial charge in [-0.25, -0.2) is 0 Å². The van der Waals surface area contributed by atoms with Crippen LogP contribution in [0.5, 0.6) is 0 Å². The number of anilines is 2.